The number of carbonyl (C=O) groups is 1. The summed E-state index contributed by atoms with van der Waals surface area (Å²) in [5.41, 5.74) is 2.64. The first-order chi connectivity index (χ1) is 12.6. The van der Waals surface area contributed by atoms with Gasteiger partial charge in [0.2, 0.25) is 0 Å². The molecule has 5 heteroatoms. The quantitative estimate of drug-likeness (QED) is 0.684. The first kappa shape index (κ1) is 16.6. The number of para-hydroxylation sites is 1. The Bertz CT molecular complexity index is 975. The smallest absolute Gasteiger partial charge is 0.256 e. The minimum absolute atomic E-state index is 0.102. The van der Waals surface area contributed by atoms with Gasteiger partial charge in [0.1, 0.15) is 12.0 Å². The van der Waals surface area contributed by atoms with Crippen LogP contribution in [-0.4, -0.2) is 10.8 Å². The molecule has 1 atom stereocenters. The topological polar surface area (TPSA) is 32.3 Å². The van der Waals surface area contributed by atoms with Gasteiger partial charge in [-0.3, -0.25) is 4.79 Å². The SMILES string of the molecule is O=C1c2ccccc2[C@H](Nc2ccccc2F)N1Cc1ccccc1Cl. The largest absolute Gasteiger partial charge is 0.359 e. The van der Waals surface area contributed by atoms with Crippen molar-refractivity contribution in [3.63, 3.8) is 0 Å². The molecule has 1 amide bonds. The maximum absolute atomic E-state index is 14.1. The van der Waals surface area contributed by atoms with Crippen molar-refractivity contribution in [1.29, 1.82) is 0 Å². The summed E-state index contributed by atoms with van der Waals surface area (Å²) in [6, 6.07) is 21.2. The molecule has 1 aliphatic rings. The van der Waals surface area contributed by atoms with Gasteiger partial charge < -0.3 is 10.2 Å². The standard InChI is InChI=1S/C21H16ClFN2O/c22-17-10-4-1-7-14(17)13-25-20(24-19-12-6-5-11-18(19)23)15-8-2-3-9-16(15)21(25)26/h1-12,20,24H,13H2/t20-/m1/s1. The van der Waals surface area contributed by atoms with E-state index in [9.17, 15) is 9.18 Å². The Morgan fingerprint density at radius 3 is 2.46 bits per heavy atom. The summed E-state index contributed by atoms with van der Waals surface area (Å²) < 4.78 is 14.1. The first-order valence-corrected chi connectivity index (χ1v) is 8.67. The molecule has 0 saturated carbocycles. The van der Waals surface area contributed by atoms with E-state index >= 15 is 0 Å². The zero-order chi connectivity index (χ0) is 18.1. The lowest BCUT2D eigenvalue weighted by Gasteiger charge is -2.27. The third kappa shape index (κ3) is 2.93. The molecule has 0 aromatic heterocycles. The maximum atomic E-state index is 14.1. The second kappa shape index (κ2) is 6.81. The van der Waals surface area contributed by atoms with Gasteiger partial charge in [0.15, 0.2) is 0 Å². The summed E-state index contributed by atoms with van der Waals surface area (Å²) in [6.07, 6.45) is -0.466. The average Bonchev–Trinajstić information content (AvgIpc) is 2.91. The van der Waals surface area contributed by atoms with Crippen molar-refractivity contribution in [2.45, 2.75) is 12.7 Å². The number of fused-ring (bicyclic) bond motifs is 1. The van der Waals surface area contributed by atoms with Gasteiger partial charge >= 0.3 is 0 Å². The molecule has 0 unspecified atom stereocenters. The van der Waals surface area contributed by atoms with Crippen molar-refractivity contribution in [2.75, 3.05) is 5.32 Å². The third-order valence-electron chi connectivity index (χ3n) is 4.52. The van der Waals surface area contributed by atoms with Crippen LogP contribution in [0.15, 0.2) is 72.8 Å². The van der Waals surface area contributed by atoms with Gasteiger partial charge in [0.05, 0.1) is 5.69 Å². The van der Waals surface area contributed by atoms with Gasteiger partial charge in [-0.2, -0.15) is 0 Å². The zero-order valence-electron chi connectivity index (χ0n) is 13.8. The second-order valence-corrected chi connectivity index (χ2v) is 6.55. The summed E-state index contributed by atoms with van der Waals surface area (Å²) in [6.45, 7) is 0.333. The molecule has 4 rings (SSSR count). The van der Waals surface area contributed by atoms with E-state index in [1.165, 1.54) is 6.07 Å². The zero-order valence-corrected chi connectivity index (χ0v) is 14.6. The van der Waals surface area contributed by atoms with Gasteiger partial charge in [0, 0.05) is 22.7 Å². The van der Waals surface area contributed by atoms with Gasteiger partial charge in [-0.1, -0.05) is 60.1 Å². The highest BCUT2D eigenvalue weighted by Crippen LogP contribution is 2.36. The Morgan fingerprint density at radius 2 is 1.65 bits per heavy atom. The van der Waals surface area contributed by atoms with E-state index in [1.807, 2.05) is 36.4 Å². The predicted molar refractivity (Wildman–Crippen MR) is 101 cm³/mol. The molecule has 3 aromatic carbocycles. The Labute approximate surface area is 156 Å². The number of amides is 1. The Balaban J connectivity index is 1.73. The first-order valence-electron chi connectivity index (χ1n) is 8.29. The lowest BCUT2D eigenvalue weighted by molar-refractivity contribution is 0.0728. The van der Waals surface area contributed by atoms with Crippen LogP contribution in [0.2, 0.25) is 5.02 Å². The Hall–Kier alpha value is -2.85. The highest BCUT2D eigenvalue weighted by Gasteiger charge is 2.36. The van der Waals surface area contributed by atoms with Crippen molar-refractivity contribution in [2.24, 2.45) is 0 Å². The summed E-state index contributed by atoms with van der Waals surface area (Å²) in [5, 5.41) is 3.77. The van der Waals surface area contributed by atoms with Crippen LogP contribution in [0, 0.1) is 5.82 Å². The summed E-state index contributed by atoms with van der Waals surface area (Å²) in [7, 11) is 0. The Morgan fingerprint density at radius 1 is 0.962 bits per heavy atom. The molecular weight excluding hydrogens is 351 g/mol. The van der Waals surface area contributed by atoms with Crippen LogP contribution in [0.4, 0.5) is 10.1 Å². The highest BCUT2D eigenvalue weighted by atomic mass is 35.5. The van der Waals surface area contributed by atoms with Crippen LogP contribution >= 0.6 is 11.6 Å². The van der Waals surface area contributed by atoms with Crippen LogP contribution in [0.1, 0.15) is 27.7 Å². The molecule has 0 spiro atoms. The van der Waals surface area contributed by atoms with E-state index in [2.05, 4.69) is 5.32 Å². The maximum Gasteiger partial charge on any atom is 0.256 e. The molecule has 3 aromatic rings. The normalized spacial score (nSPS) is 15.8. The molecule has 130 valence electrons. The molecule has 1 aliphatic heterocycles. The predicted octanol–water partition coefficient (Wildman–Crippen LogP) is 5.25. The van der Waals surface area contributed by atoms with E-state index in [0.717, 1.165) is 11.1 Å². The van der Waals surface area contributed by atoms with E-state index in [4.69, 9.17) is 11.6 Å². The molecule has 0 aliphatic carbocycles. The molecule has 3 nitrogen and oxygen atoms in total. The van der Waals surface area contributed by atoms with E-state index in [-0.39, 0.29) is 11.7 Å². The van der Waals surface area contributed by atoms with Crippen LogP contribution in [-0.2, 0) is 6.54 Å². The number of nitrogens with one attached hydrogen (secondary N) is 1. The van der Waals surface area contributed by atoms with Crippen molar-refractivity contribution in [1.82, 2.24) is 4.90 Å². The number of benzene rings is 3. The average molecular weight is 367 g/mol. The Kier molecular flexibility index (Phi) is 4.35. The number of hydrogen-bond donors (Lipinski definition) is 1. The van der Waals surface area contributed by atoms with Crippen molar-refractivity contribution < 1.29 is 9.18 Å². The number of carbonyl (C=O) groups excluding carboxylic acids is 1. The molecule has 0 saturated heterocycles. The number of rotatable bonds is 4. The molecule has 0 bridgehead atoms. The van der Waals surface area contributed by atoms with Crippen LogP contribution < -0.4 is 5.32 Å². The van der Waals surface area contributed by atoms with E-state index in [1.54, 1.807) is 35.2 Å². The monoisotopic (exact) mass is 366 g/mol. The van der Waals surface area contributed by atoms with Crippen LogP contribution in [0.3, 0.4) is 0 Å². The molecule has 1 heterocycles. The summed E-state index contributed by atoms with van der Waals surface area (Å²) in [5.74, 6) is -0.462. The highest BCUT2D eigenvalue weighted by molar-refractivity contribution is 6.31. The molecule has 0 radical (unpaired) electrons. The van der Waals surface area contributed by atoms with Crippen molar-refractivity contribution in [3.8, 4) is 0 Å². The van der Waals surface area contributed by atoms with Gasteiger partial charge in [-0.25, -0.2) is 4.39 Å². The fourth-order valence-electron chi connectivity index (χ4n) is 3.22. The lowest BCUT2D eigenvalue weighted by Crippen LogP contribution is -2.32. The van der Waals surface area contributed by atoms with Crippen LogP contribution in [0.25, 0.3) is 0 Å². The lowest BCUT2D eigenvalue weighted by atomic mass is 10.1. The van der Waals surface area contributed by atoms with Crippen LogP contribution in [0.5, 0.6) is 0 Å². The van der Waals surface area contributed by atoms with Crippen molar-refractivity contribution in [3.05, 3.63) is 100 Å². The van der Waals surface area contributed by atoms with Gasteiger partial charge in [-0.15, -0.1) is 0 Å². The van der Waals surface area contributed by atoms with Gasteiger partial charge in [0.25, 0.3) is 5.91 Å². The number of anilines is 1. The molecule has 0 fully saturated rings. The molecule has 1 N–H and O–H groups in total. The minimum Gasteiger partial charge on any atom is -0.359 e. The molecule has 26 heavy (non-hydrogen) atoms. The third-order valence-corrected chi connectivity index (χ3v) is 4.89. The summed E-state index contributed by atoms with van der Waals surface area (Å²) in [4.78, 5) is 14.6. The molecular formula is C21H16ClFN2O. The number of hydrogen-bond acceptors (Lipinski definition) is 2. The minimum atomic E-state index is -0.466. The number of nitrogens with zero attached hydrogens (tertiary/aromatic N) is 1. The van der Waals surface area contributed by atoms with E-state index < -0.39 is 6.17 Å². The van der Waals surface area contributed by atoms with Gasteiger partial charge in [-0.05, 0) is 29.8 Å². The van der Waals surface area contributed by atoms with Crippen molar-refractivity contribution >= 4 is 23.2 Å². The fraction of sp³-hybridized carbons (Fsp3) is 0.0952. The second-order valence-electron chi connectivity index (χ2n) is 6.14. The number of halogens is 2. The summed E-state index contributed by atoms with van der Waals surface area (Å²) >= 11 is 6.28. The van der Waals surface area contributed by atoms with E-state index in [0.29, 0.717) is 22.8 Å². The fourth-order valence-corrected chi connectivity index (χ4v) is 3.42.